The third-order valence-corrected chi connectivity index (χ3v) is 4.23. The Hall–Kier alpha value is -3.53. The Morgan fingerprint density at radius 3 is 2.21 bits per heavy atom. The van der Waals surface area contributed by atoms with Crippen LogP contribution < -0.4 is 14.2 Å². The molecule has 3 rings (SSSR count). The van der Waals surface area contributed by atoms with Gasteiger partial charge in [-0.05, 0) is 41.5 Å². The summed E-state index contributed by atoms with van der Waals surface area (Å²) in [6, 6.07) is 22.6. The van der Waals surface area contributed by atoms with Gasteiger partial charge in [0, 0.05) is 0 Å². The van der Waals surface area contributed by atoms with E-state index in [9.17, 15) is 4.79 Å². The molecule has 0 heterocycles. The fourth-order valence-electron chi connectivity index (χ4n) is 2.75. The van der Waals surface area contributed by atoms with Gasteiger partial charge in [0.15, 0.2) is 5.78 Å². The zero-order valence-corrected chi connectivity index (χ0v) is 15.9. The summed E-state index contributed by atoms with van der Waals surface area (Å²) in [6.07, 6.45) is 3.28. The molecule has 0 atom stereocenters. The summed E-state index contributed by atoms with van der Waals surface area (Å²) in [4.78, 5) is 12.9. The summed E-state index contributed by atoms with van der Waals surface area (Å²) in [6.45, 7) is 0.372. The average Bonchev–Trinajstić information content (AvgIpc) is 2.76. The third kappa shape index (κ3) is 4.80. The molecule has 0 fully saturated rings. The second-order valence-corrected chi connectivity index (χ2v) is 6.08. The van der Waals surface area contributed by atoms with Gasteiger partial charge in [-0.2, -0.15) is 0 Å². The molecular formula is C24H22O4. The van der Waals surface area contributed by atoms with E-state index < -0.39 is 0 Å². The maximum Gasteiger partial charge on any atom is 0.193 e. The summed E-state index contributed by atoms with van der Waals surface area (Å²) in [7, 11) is 3.16. The average molecular weight is 374 g/mol. The fourth-order valence-corrected chi connectivity index (χ4v) is 2.75. The van der Waals surface area contributed by atoms with E-state index >= 15 is 0 Å². The van der Waals surface area contributed by atoms with Gasteiger partial charge in [-0.25, -0.2) is 0 Å². The Balaban J connectivity index is 1.81. The highest BCUT2D eigenvalue weighted by atomic mass is 16.5. The topological polar surface area (TPSA) is 44.8 Å². The van der Waals surface area contributed by atoms with E-state index in [1.807, 2.05) is 60.7 Å². The van der Waals surface area contributed by atoms with E-state index in [2.05, 4.69) is 0 Å². The number of rotatable bonds is 8. The Bertz CT molecular complexity index is 944. The molecule has 0 radical (unpaired) electrons. The van der Waals surface area contributed by atoms with Gasteiger partial charge in [-0.1, -0.05) is 54.6 Å². The van der Waals surface area contributed by atoms with Crippen LogP contribution >= 0.6 is 0 Å². The van der Waals surface area contributed by atoms with Crippen molar-refractivity contribution in [2.45, 2.75) is 6.61 Å². The van der Waals surface area contributed by atoms with E-state index in [4.69, 9.17) is 14.2 Å². The van der Waals surface area contributed by atoms with Crippen LogP contribution in [0.5, 0.6) is 17.2 Å². The normalized spacial score (nSPS) is 10.6. The molecule has 0 amide bonds. The van der Waals surface area contributed by atoms with Gasteiger partial charge in [0.1, 0.15) is 29.4 Å². The first kappa shape index (κ1) is 19.2. The van der Waals surface area contributed by atoms with Gasteiger partial charge in [-0.3, -0.25) is 4.79 Å². The predicted molar refractivity (Wildman–Crippen MR) is 110 cm³/mol. The van der Waals surface area contributed by atoms with Crippen LogP contribution in [-0.4, -0.2) is 20.0 Å². The molecule has 0 bridgehead atoms. The first-order valence-corrected chi connectivity index (χ1v) is 8.91. The first-order valence-electron chi connectivity index (χ1n) is 8.91. The van der Waals surface area contributed by atoms with E-state index in [0.717, 1.165) is 16.9 Å². The zero-order chi connectivity index (χ0) is 19.8. The minimum atomic E-state index is -0.184. The van der Waals surface area contributed by atoms with Crippen LogP contribution in [-0.2, 0) is 6.61 Å². The van der Waals surface area contributed by atoms with Gasteiger partial charge < -0.3 is 14.2 Å². The number of hydrogen-bond acceptors (Lipinski definition) is 4. The van der Waals surface area contributed by atoms with E-state index in [0.29, 0.717) is 23.7 Å². The second kappa shape index (κ2) is 9.42. The maximum absolute atomic E-state index is 12.9. The van der Waals surface area contributed by atoms with Gasteiger partial charge in [0.25, 0.3) is 0 Å². The van der Waals surface area contributed by atoms with Crippen LogP contribution in [0.25, 0.3) is 6.08 Å². The summed E-state index contributed by atoms with van der Waals surface area (Å²) < 4.78 is 16.5. The van der Waals surface area contributed by atoms with Crippen molar-refractivity contribution in [3.8, 4) is 17.2 Å². The smallest absolute Gasteiger partial charge is 0.193 e. The van der Waals surface area contributed by atoms with Gasteiger partial charge in [0.2, 0.25) is 0 Å². The van der Waals surface area contributed by atoms with Crippen molar-refractivity contribution < 1.29 is 19.0 Å². The molecular weight excluding hydrogens is 352 g/mol. The van der Waals surface area contributed by atoms with Crippen molar-refractivity contribution in [2.24, 2.45) is 0 Å². The van der Waals surface area contributed by atoms with Gasteiger partial charge in [0.05, 0.1) is 14.2 Å². The molecule has 0 unspecified atom stereocenters. The summed E-state index contributed by atoms with van der Waals surface area (Å²) >= 11 is 0. The lowest BCUT2D eigenvalue weighted by Gasteiger charge is -2.13. The molecule has 0 aromatic heterocycles. The van der Waals surface area contributed by atoms with Crippen LogP contribution in [0.15, 0.2) is 78.9 Å². The standard InChI is InChI=1S/C24H22O4/c1-26-20-14-11-18(12-15-20)13-16-21(25)24-22(27-2)9-6-10-23(24)28-17-19-7-4-3-5-8-19/h3-16H,17H2,1-2H3. The Morgan fingerprint density at radius 1 is 0.821 bits per heavy atom. The number of carbonyl (C=O) groups is 1. The number of ketones is 1. The minimum absolute atomic E-state index is 0.184. The van der Waals surface area contributed by atoms with Crippen molar-refractivity contribution >= 4 is 11.9 Å². The molecule has 3 aromatic rings. The lowest BCUT2D eigenvalue weighted by atomic mass is 10.1. The van der Waals surface area contributed by atoms with Crippen LogP contribution in [0.1, 0.15) is 21.5 Å². The number of allylic oxidation sites excluding steroid dienone is 1. The quantitative estimate of drug-likeness (QED) is 0.403. The van der Waals surface area contributed by atoms with Crippen LogP contribution in [0.2, 0.25) is 0 Å². The number of hydrogen-bond donors (Lipinski definition) is 0. The highest BCUT2D eigenvalue weighted by Gasteiger charge is 2.16. The Morgan fingerprint density at radius 2 is 1.54 bits per heavy atom. The number of methoxy groups -OCH3 is 2. The number of benzene rings is 3. The van der Waals surface area contributed by atoms with Gasteiger partial charge in [-0.15, -0.1) is 0 Å². The predicted octanol–water partition coefficient (Wildman–Crippen LogP) is 5.18. The Labute approximate surface area is 165 Å². The first-order chi connectivity index (χ1) is 13.7. The lowest BCUT2D eigenvalue weighted by Crippen LogP contribution is -2.05. The molecule has 0 saturated heterocycles. The largest absolute Gasteiger partial charge is 0.497 e. The lowest BCUT2D eigenvalue weighted by molar-refractivity contribution is 0.104. The van der Waals surface area contributed by atoms with Gasteiger partial charge >= 0.3 is 0 Å². The number of carbonyl (C=O) groups excluding carboxylic acids is 1. The maximum atomic E-state index is 12.9. The van der Waals surface area contributed by atoms with Crippen LogP contribution in [0, 0.1) is 0 Å². The van der Waals surface area contributed by atoms with Crippen molar-refractivity contribution in [1.82, 2.24) is 0 Å². The van der Waals surface area contributed by atoms with Crippen molar-refractivity contribution in [3.05, 3.63) is 95.6 Å². The van der Waals surface area contributed by atoms with E-state index in [-0.39, 0.29) is 5.78 Å². The molecule has 0 aliphatic heterocycles. The van der Waals surface area contributed by atoms with E-state index in [1.165, 1.54) is 6.08 Å². The molecule has 28 heavy (non-hydrogen) atoms. The molecule has 4 heteroatoms. The van der Waals surface area contributed by atoms with E-state index in [1.54, 1.807) is 32.4 Å². The fraction of sp³-hybridized carbons (Fsp3) is 0.125. The monoisotopic (exact) mass is 374 g/mol. The molecule has 0 spiro atoms. The molecule has 0 aliphatic rings. The van der Waals surface area contributed by atoms with Crippen LogP contribution in [0.3, 0.4) is 0 Å². The summed E-state index contributed by atoms with van der Waals surface area (Å²) in [5, 5.41) is 0. The minimum Gasteiger partial charge on any atom is -0.497 e. The number of ether oxygens (including phenoxy) is 3. The SMILES string of the molecule is COc1ccc(C=CC(=O)c2c(OC)cccc2OCc2ccccc2)cc1. The highest BCUT2D eigenvalue weighted by Crippen LogP contribution is 2.30. The highest BCUT2D eigenvalue weighted by molar-refractivity contribution is 6.10. The van der Waals surface area contributed by atoms with Crippen molar-refractivity contribution in [3.63, 3.8) is 0 Å². The van der Waals surface area contributed by atoms with Crippen molar-refractivity contribution in [1.29, 1.82) is 0 Å². The molecule has 0 aliphatic carbocycles. The third-order valence-electron chi connectivity index (χ3n) is 4.23. The summed E-state index contributed by atoms with van der Waals surface area (Å²) in [5.41, 5.74) is 2.33. The zero-order valence-electron chi connectivity index (χ0n) is 15.9. The molecule has 3 aromatic carbocycles. The Kier molecular flexibility index (Phi) is 6.47. The summed E-state index contributed by atoms with van der Waals surface area (Å²) in [5.74, 6) is 1.56. The van der Waals surface area contributed by atoms with Crippen LogP contribution in [0.4, 0.5) is 0 Å². The van der Waals surface area contributed by atoms with Crippen molar-refractivity contribution in [2.75, 3.05) is 14.2 Å². The molecule has 0 saturated carbocycles. The molecule has 4 nitrogen and oxygen atoms in total. The molecule has 0 N–H and O–H groups in total. The second-order valence-electron chi connectivity index (χ2n) is 6.08. The molecule has 142 valence electrons.